The van der Waals surface area contributed by atoms with Gasteiger partial charge in [-0.25, -0.2) is 9.07 Å². The Morgan fingerprint density at radius 3 is 2.63 bits per heavy atom. The van der Waals surface area contributed by atoms with E-state index in [4.69, 9.17) is 4.74 Å². The fourth-order valence-corrected chi connectivity index (χ4v) is 4.18. The van der Waals surface area contributed by atoms with Crippen LogP contribution in [0, 0.1) is 11.2 Å². The highest BCUT2D eigenvalue weighted by molar-refractivity contribution is 5.60. The number of hydrogen-bond donors (Lipinski definition) is 0. The second-order valence-corrected chi connectivity index (χ2v) is 8.23. The molecular weight excluding hydrogens is 375 g/mol. The summed E-state index contributed by atoms with van der Waals surface area (Å²) in [5.41, 5.74) is 5.55. The van der Waals surface area contributed by atoms with Crippen molar-refractivity contribution < 1.29 is 9.13 Å². The maximum absolute atomic E-state index is 13.3. The normalized spacial score (nSPS) is 19.1. The maximum atomic E-state index is 13.3. The molecule has 154 valence electrons. The molecule has 1 unspecified atom stereocenters. The van der Waals surface area contributed by atoms with Crippen molar-refractivity contribution in [1.29, 1.82) is 0 Å². The number of nitrogens with zero attached hydrogens (tertiary/aromatic N) is 2. The SMILES string of the molecule is C=CCOC(C[C@@]1(C)Cc2cnn(-c3ccc(F)cc3)c2C=C1C)c1ccccc1. The Balaban J connectivity index is 1.63. The van der Waals surface area contributed by atoms with E-state index in [2.05, 4.69) is 55.9 Å². The summed E-state index contributed by atoms with van der Waals surface area (Å²) in [5.74, 6) is -0.245. The molecule has 3 aromatic rings. The predicted octanol–water partition coefficient (Wildman–Crippen LogP) is 6.31. The molecule has 0 aliphatic heterocycles. The third kappa shape index (κ3) is 4.01. The van der Waals surface area contributed by atoms with Crippen LogP contribution in [0.1, 0.15) is 43.2 Å². The van der Waals surface area contributed by atoms with Crippen molar-refractivity contribution in [3.8, 4) is 5.69 Å². The fraction of sp³-hybridized carbons (Fsp3) is 0.269. The number of aromatic nitrogens is 2. The molecular formula is C26H27FN2O. The molecule has 0 amide bonds. The molecule has 0 fully saturated rings. The zero-order valence-corrected chi connectivity index (χ0v) is 17.5. The van der Waals surface area contributed by atoms with E-state index in [1.54, 1.807) is 18.2 Å². The van der Waals surface area contributed by atoms with Crippen LogP contribution in [0.5, 0.6) is 0 Å². The third-order valence-corrected chi connectivity index (χ3v) is 6.07. The van der Waals surface area contributed by atoms with Crippen molar-refractivity contribution >= 4 is 6.08 Å². The van der Waals surface area contributed by atoms with Gasteiger partial charge in [0.1, 0.15) is 5.82 Å². The average molecular weight is 403 g/mol. The van der Waals surface area contributed by atoms with E-state index in [-0.39, 0.29) is 17.3 Å². The average Bonchev–Trinajstić information content (AvgIpc) is 3.14. The van der Waals surface area contributed by atoms with Crippen LogP contribution in [0.2, 0.25) is 0 Å². The van der Waals surface area contributed by atoms with Crippen molar-refractivity contribution in [1.82, 2.24) is 9.78 Å². The summed E-state index contributed by atoms with van der Waals surface area (Å²) < 4.78 is 21.4. The summed E-state index contributed by atoms with van der Waals surface area (Å²) >= 11 is 0. The van der Waals surface area contributed by atoms with Crippen molar-refractivity contribution in [3.63, 3.8) is 0 Å². The topological polar surface area (TPSA) is 27.1 Å². The lowest BCUT2D eigenvalue weighted by Crippen LogP contribution is -2.28. The lowest BCUT2D eigenvalue weighted by atomic mass is 9.70. The highest BCUT2D eigenvalue weighted by Gasteiger charge is 2.35. The van der Waals surface area contributed by atoms with E-state index < -0.39 is 0 Å². The van der Waals surface area contributed by atoms with Crippen LogP contribution in [0.15, 0.2) is 79.0 Å². The molecule has 0 N–H and O–H groups in total. The van der Waals surface area contributed by atoms with Gasteiger partial charge in [-0.15, -0.1) is 6.58 Å². The number of halogens is 1. The summed E-state index contributed by atoms with van der Waals surface area (Å²) in [6, 6.07) is 16.8. The van der Waals surface area contributed by atoms with Gasteiger partial charge in [0.05, 0.1) is 30.3 Å². The third-order valence-electron chi connectivity index (χ3n) is 6.07. The number of rotatable bonds is 7. The minimum Gasteiger partial charge on any atom is -0.369 e. The summed E-state index contributed by atoms with van der Waals surface area (Å²) in [4.78, 5) is 0. The van der Waals surface area contributed by atoms with Crippen LogP contribution in [-0.2, 0) is 11.2 Å². The van der Waals surface area contributed by atoms with Gasteiger partial charge >= 0.3 is 0 Å². The molecule has 0 spiro atoms. The Hall–Kier alpha value is -2.98. The summed E-state index contributed by atoms with van der Waals surface area (Å²) in [5, 5.41) is 4.59. The molecule has 2 aromatic carbocycles. The second-order valence-electron chi connectivity index (χ2n) is 8.23. The van der Waals surface area contributed by atoms with E-state index in [1.165, 1.54) is 28.8 Å². The van der Waals surface area contributed by atoms with Crippen LogP contribution >= 0.6 is 0 Å². The van der Waals surface area contributed by atoms with Crippen LogP contribution in [-0.4, -0.2) is 16.4 Å². The lowest BCUT2D eigenvalue weighted by molar-refractivity contribution is 0.0419. The molecule has 2 atom stereocenters. The smallest absolute Gasteiger partial charge is 0.123 e. The van der Waals surface area contributed by atoms with Gasteiger partial charge in [-0.3, -0.25) is 0 Å². The summed E-state index contributed by atoms with van der Waals surface area (Å²) in [6.45, 7) is 8.80. The standard InChI is InChI=1S/C26H27FN2O/c1-4-14-30-25(20-8-6-5-7-9-20)17-26(3)16-21-18-28-29(24(21)15-19(26)2)23-12-10-22(27)11-13-23/h4-13,15,18,25H,1,14,16-17H2,2-3H3/t25?,26-/m1/s1. The molecule has 1 heterocycles. The van der Waals surface area contributed by atoms with Gasteiger partial charge in [0.15, 0.2) is 0 Å². The molecule has 4 heteroatoms. The highest BCUT2D eigenvalue weighted by atomic mass is 19.1. The monoisotopic (exact) mass is 402 g/mol. The van der Waals surface area contributed by atoms with Gasteiger partial charge < -0.3 is 4.74 Å². The molecule has 0 saturated carbocycles. The van der Waals surface area contributed by atoms with Crippen molar-refractivity contribution in [2.75, 3.05) is 6.61 Å². The lowest BCUT2D eigenvalue weighted by Gasteiger charge is -2.37. The number of allylic oxidation sites excluding steroid dienone is 1. The largest absolute Gasteiger partial charge is 0.369 e. The highest BCUT2D eigenvalue weighted by Crippen LogP contribution is 2.45. The number of benzene rings is 2. The molecule has 1 aliphatic rings. The zero-order valence-electron chi connectivity index (χ0n) is 17.5. The van der Waals surface area contributed by atoms with Crippen LogP contribution < -0.4 is 0 Å². The molecule has 1 aliphatic carbocycles. The first-order valence-corrected chi connectivity index (χ1v) is 10.3. The molecule has 0 radical (unpaired) electrons. The molecule has 30 heavy (non-hydrogen) atoms. The van der Waals surface area contributed by atoms with E-state index in [1.807, 2.05) is 16.9 Å². The van der Waals surface area contributed by atoms with Crippen LogP contribution in [0.4, 0.5) is 4.39 Å². The van der Waals surface area contributed by atoms with E-state index in [0.717, 1.165) is 24.2 Å². The van der Waals surface area contributed by atoms with Gasteiger partial charge in [-0.1, -0.05) is 48.9 Å². The molecule has 0 saturated heterocycles. The molecule has 0 bridgehead atoms. The first-order chi connectivity index (χ1) is 14.5. The quantitative estimate of drug-likeness (QED) is 0.433. The van der Waals surface area contributed by atoms with Gasteiger partial charge in [-0.05, 0) is 66.6 Å². The fourth-order valence-electron chi connectivity index (χ4n) is 4.18. The van der Waals surface area contributed by atoms with Gasteiger partial charge in [0.2, 0.25) is 0 Å². The van der Waals surface area contributed by atoms with E-state index in [0.29, 0.717) is 6.61 Å². The minimum atomic E-state index is -0.245. The van der Waals surface area contributed by atoms with Crippen molar-refractivity contribution in [2.45, 2.75) is 32.8 Å². The molecule has 1 aromatic heterocycles. The zero-order chi connectivity index (χ0) is 21.1. The Morgan fingerprint density at radius 2 is 1.93 bits per heavy atom. The first-order valence-electron chi connectivity index (χ1n) is 10.3. The Kier molecular flexibility index (Phi) is 5.69. The molecule has 3 nitrogen and oxygen atoms in total. The van der Waals surface area contributed by atoms with Crippen molar-refractivity contribution in [2.24, 2.45) is 5.41 Å². The summed E-state index contributed by atoms with van der Waals surface area (Å²) in [6.07, 6.45) is 7.69. The summed E-state index contributed by atoms with van der Waals surface area (Å²) in [7, 11) is 0. The van der Waals surface area contributed by atoms with Gasteiger partial charge in [0.25, 0.3) is 0 Å². The number of fused-ring (bicyclic) bond motifs is 1. The Labute approximate surface area is 177 Å². The van der Waals surface area contributed by atoms with Gasteiger partial charge in [0, 0.05) is 0 Å². The first kappa shape index (κ1) is 20.3. The predicted molar refractivity (Wildman–Crippen MR) is 119 cm³/mol. The second kappa shape index (κ2) is 8.41. The minimum absolute atomic E-state index is 0.00811. The van der Waals surface area contributed by atoms with Crippen molar-refractivity contribution in [3.05, 3.63) is 102 Å². The van der Waals surface area contributed by atoms with Crippen LogP contribution in [0.3, 0.4) is 0 Å². The number of hydrogen-bond acceptors (Lipinski definition) is 2. The maximum Gasteiger partial charge on any atom is 0.123 e. The van der Waals surface area contributed by atoms with Gasteiger partial charge in [-0.2, -0.15) is 5.10 Å². The Bertz CT molecular complexity index is 1050. The Morgan fingerprint density at radius 1 is 1.20 bits per heavy atom. The van der Waals surface area contributed by atoms with Crippen LogP contribution in [0.25, 0.3) is 11.8 Å². The van der Waals surface area contributed by atoms with E-state index in [9.17, 15) is 4.39 Å². The number of ether oxygens (including phenoxy) is 1. The molecule has 4 rings (SSSR count). The van der Waals surface area contributed by atoms with E-state index >= 15 is 0 Å².